The molecule has 0 atom stereocenters. The molecule has 1 fully saturated rings. The molecule has 1 aromatic rings. The lowest BCUT2D eigenvalue weighted by Gasteiger charge is -2.22. The molecule has 1 amide bonds. The van der Waals surface area contributed by atoms with Crippen LogP contribution in [0.4, 0.5) is 5.69 Å². The van der Waals surface area contributed by atoms with Gasteiger partial charge in [0.2, 0.25) is 5.91 Å². The molecule has 1 aliphatic heterocycles. The van der Waals surface area contributed by atoms with E-state index >= 15 is 0 Å². The maximum Gasteiger partial charge on any atom is 0.241 e. The topological polar surface area (TPSA) is 23.6 Å². The molecule has 0 saturated carbocycles. The Morgan fingerprint density at radius 1 is 1.18 bits per heavy atom. The van der Waals surface area contributed by atoms with Gasteiger partial charge in [0.25, 0.3) is 0 Å². The van der Waals surface area contributed by atoms with E-state index in [1.54, 1.807) is 0 Å². The van der Waals surface area contributed by atoms with Gasteiger partial charge in [-0.1, -0.05) is 19.1 Å². The highest BCUT2D eigenvalue weighted by molar-refractivity contribution is 5.81. The van der Waals surface area contributed by atoms with Crippen molar-refractivity contribution in [3.63, 3.8) is 0 Å². The summed E-state index contributed by atoms with van der Waals surface area (Å²) in [6.45, 7) is 4.48. The van der Waals surface area contributed by atoms with Gasteiger partial charge < -0.3 is 9.80 Å². The van der Waals surface area contributed by atoms with E-state index in [1.165, 1.54) is 5.56 Å². The van der Waals surface area contributed by atoms with E-state index in [4.69, 9.17) is 0 Å². The van der Waals surface area contributed by atoms with Crippen molar-refractivity contribution < 1.29 is 4.79 Å². The predicted molar refractivity (Wildman–Crippen MR) is 70.3 cm³/mol. The summed E-state index contributed by atoms with van der Waals surface area (Å²) in [4.78, 5) is 15.8. The monoisotopic (exact) mass is 232 g/mol. The molecule has 2 rings (SSSR count). The second-order valence-electron chi connectivity index (χ2n) is 4.61. The molecule has 0 bridgehead atoms. The molecular formula is C14H20N2O. The number of anilines is 1. The second kappa shape index (κ2) is 5.21. The third-order valence-corrected chi connectivity index (χ3v) is 3.38. The number of carbonyl (C=O) groups excluding carboxylic acids is 1. The highest BCUT2D eigenvalue weighted by atomic mass is 16.2. The van der Waals surface area contributed by atoms with Crippen LogP contribution < -0.4 is 4.90 Å². The van der Waals surface area contributed by atoms with Crippen molar-refractivity contribution in [1.29, 1.82) is 0 Å². The summed E-state index contributed by atoms with van der Waals surface area (Å²) < 4.78 is 0. The van der Waals surface area contributed by atoms with E-state index < -0.39 is 0 Å². The summed E-state index contributed by atoms with van der Waals surface area (Å²) in [6.07, 6.45) is 2.10. The predicted octanol–water partition coefficient (Wildman–Crippen LogP) is 1.92. The van der Waals surface area contributed by atoms with Gasteiger partial charge in [-0.15, -0.1) is 0 Å². The summed E-state index contributed by atoms with van der Waals surface area (Å²) in [5.41, 5.74) is 2.50. The maximum atomic E-state index is 11.8. The Bertz CT molecular complexity index is 386. The first-order valence-corrected chi connectivity index (χ1v) is 6.28. The lowest BCUT2D eigenvalue weighted by atomic mass is 10.1. The number of likely N-dealkylation sites (N-methyl/N-ethyl adjacent to an activating group) is 1. The standard InChI is InChI=1S/C14H20N2O/c1-3-12-5-7-13(8-6-12)16-10-4-9-15(2)14(17)11-16/h5-8H,3-4,9-11H2,1-2H3. The van der Waals surface area contributed by atoms with Gasteiger partial charge in [-0.05, 0) is 30.5 Å². The third-order valence-electron chi connectivity index (χ3n) is 3.38. The lowest BCUT2D eigenvalue weighted by molar-refractivity contribution is -0.127. The molecule has 1 heterocycles. The zero-order chi connectivity index (χ0) is 12.3. The quantitative estimate of drug-likeness (QED) is 0.777. The van der Waals surface area contributed by atoms with Gasteiger partial charge >= 0.3 is 0 Å². The fourth-order valence-electron chi connectivity index (χ4n) is 2.15. The summed E-state index contributed by atoms with van der Waals surface area (Å²) in [5, 5.41) is 0. The van der Waals surface area contributed by atoms with Crippen LogP contribution in [0, 0.1) is 0 Å². The fourth-order valence-corrected chi connectivity index (χ4v) is 2.15. The van der Waals surface area contributed by atoms with Crippen LogP contribution in [-0.2, 0) is 11.2 Å². The smallest absolute Gasteiger partial charge is 0.241 e. The SMILES string of the molecule is CCc1ccc(N2CCCN(C)C(=O)C2)cc1. The number of amides is 1. The van der Waals surface area contributed by atoms with Crippen LogP contribution in [0.2, 0.25) is 0 Å². The van der Waals surface area contributed by atoms with Crippen molar-refractivity contribution in [2.24, 2.45) is 0 Å². The van der Waals surface area contributed by atoms with Crippen LogP contribution in [0.25, 0.3) is 0 Å². The van der Waals surface area contributed by atoms with Crippen LogP contribution in [-0.4, -0.2) is 37.5 Å². The molecule has 0 N–H and O–H groups in total. The first kappa shape index (κ1) is 12.0. The van der Waals surface area contributed by atoms with Gasteiger partial charge in [0.1, 0.15) is 0 Å². The molecule has 0 aliphatic carbocycles. The van der Waals surface area contributed by atoms with Gasteiger partial charge in [0.05, 0.1) is 6.54 Å². The number of hydrogen-bond donors (Lipinski definition) is 0. The minimum atomic E-state index is 0.210. The van der Waals surface area contributed by atoms with Gasteiger partial charge in [-0.3, -0.25) is 4.79 Å². The molecule has 92 valence electrons. The second-order valence-corrected chi connectivity index (χ2v) is 4.61. The minimum absolute atomic E-state index is 0.210. The molecule has 1 saturated heterocycles. The molecule has 1 aliphatic rings. The Balaban J connectivity index is 2.12. The molecule has 0 spiro atoms. The number of carbonyl (C=O) groups is 1. The Kier molecular flexibility index (Phi) is 3.67. The third kappa shape index (κ3) is 2.78. The Morgan fingerprint density at radius 3 is 2.53 bits per heavy atom. The average Bonchev–Trinajstić information content (AvgIpc) is 2.52. The number of rotatable bonds is 2. The number of nitrogens with zero attached hydrogens (tertiary/aromatic N) is 2. The van der Waals surface area contributed by atoms with E-state index in [0.717, 1.165) is 31.6 Å². The van der Waals surface area contributed by atoms with Crippen LogP contribution in [0.3, 0.4) is 0 Å². The van der Waals surface area contributed by atoms with Gasteiger partial charge in [-0.2, -0.15) is 0 Å². The van der Waals surface area contributed by atoms with Crippen LogP contribution in [0.15, 0.2) is 24.3 Å². The van der Waals surface area contributed by atoms with Crippen molar-refractivity contribution in [2.75, 3.05) is 31.6 Å². The van der Waals surface area contributed by atoms with Crippen LogP contribution in [0.1, 0.15) is 18.9 Å². The van der Waals surface area contributed by atoms with E-state index in [9.17, 15) is 4.79 Å². The van der Waals surface area contributed by atoms with Gasteiger partial charge in [-0.25, -0.2) is 0 Å². The molecular weight excluding hydrogens is 212 g/mol. The van der Waals surface area contributed by atoms with Crippen molar-refractivity contribution in [3.8, 4) is 0 Å². The zero-order valence-corrected chi connectivity index (χ0v) is 10.6. The highest BCUT2D eigenvalue weighted by Crippen LogP contribution is 2.17. The number of aryl methyl sites for hydroxylation is 1. The first-order chi connectivity index (χ1) is 8.20. The van der Waals surface area contributed by atoms with Crippen molar-refractivity contribution >= 4 is 11.6 Å². The summed E-state index contributed by atoms with van der Waals surface area (Å²) in [5.74, 6) is 0.210. The maximum absolute atomic E-state index is 11.8. The largest absolute Gasteiger partial charge is 0.362 e. The van der Waals surface area contributed by atoms with Gasteiger partial charge in [0.15, 0.2) is 0 Å². The zero-order valence-electron chi connectivity index (χ0n) is 10.6. The summed E-state index contributed by atoms with van der Waals surface area (Å²) in [6, 6.07) is 8.54. The average molecular weight is 232 g/mol. The van der Waals surface area contributed by atoms with Crippen molar-refractivity contribution in [2.45, 2.75) is 19.8 Å². The van der Waals surface area contributed by atoms with E-state index in [-0.39, 0.29) is 5.91 Å². The molecule has 0 radical (unpaired) electrons. The Morgan fingerprint density at radius 2 is 1.88 bits per heavy atom. The Hall–Kier alpha value is -1.51. The molecule has 3 nitrogen and oxygen atoms in total. The number of benzene rings is 1. The van der Waals surface area contributed by atoms with E-state index in [1.807, 2.05) is 11.9 Å². The normalized spacial score (nSPS) is 17.2. The van der Waals surface area contributed by atoms with Crippen LogP contribution >= 0.6 is 0 Å². The first-order valence-electron chi connectivity index (χ1n) is 6.28. The molecule has 17 heavy (non-hydrogen) atoms. The van der Waals surface area contributed by atoms with Gasteiger partial charge in [0, 0.05) is 25.8 Å². The van der Waals surface area contributed by atoms with E-state index in [0.29, 0.717) is 6.54 Å². The lowest BCUT2D eigenvalue weighted by Crippen LogP contribution is -2.34. The molecule has 1 aromatic carbocycles. The Labute approximate surface area is 103 Å². The van der Waals surface area contributed by atoms with Crippen molar-refractivity contribution in [1.82, 2.24) is 4.90 Å². The number of hydrogen-bond acceptors (Lipinski definition) is 2. The molecule has 3 heteroatoms. The summed E-state index contributed by atoms with van der Waals surface area (Å²) >= 11 is 0. The minimum Gasteiger partial charge on any atom is -0.362 e. The van der Waals surface area contributed by atoms with Crippen LogP contribution in [0.5, 0.6) is 0 Å². The summed E-state index contributed by atoms with van der Waals surface area (Å²) in [7, 11) is 1.88. The molecule has 0 unspecified atom stereocenters. The van der Waals surface area contributed by atoms with E-state index in [2.05, 4.69) is 36.1 Å². The molecule has 0 aromatic heterocycles. The van der Waals surface area contributed by atoms with Crippen molar-refractivity contribution in [3.05, 3.63) is 29.8 Å². The highest BCUT2D eigenvalue weighted by Gasteiger charge is 2.18. The fraction of sp³-hybridized carbons (Fsp3) is 0.500.